The van der Waals surface area contributed by atoms with E-state index >= 15 is 0 Å². The summed E-state index contributed by atoms with van der Waals surface area (Å²) in [4.78, 5) is 0. The third-order valence-electron chi connectivity index (χ3n) is 14.2. The van der Waals surface area contributed by atoms with Crippen molar-refractivity contribution in [2.45, 2.75) is 31.6 Å². The Morgan fingerprint density at radius 1 is 0.466 bits per heavy atom. The zero-order chi connectivity index (χ0) is 38.2. The van der Waals surface area contributed by atoms with Gasteiger partial charge >= 0.3 is 0 Å². The molecule has 0 saturated heterocycles. The van der Waals surface area contributed by atoms with Gasteiger partial charge in [-0.15, -0.1) is 0 Å². The fourth-order valence-corrected chi connectivity index (χ4v) is 12.1. The van der Waals surface area contributed by atoms with Gasteiger partial charge in [0.2, 0.25) is 0 Å². The minimum atomic E-state index is -0.475. The number of nitrogens with zero attached hydrogens (tertiary/aromatic N) is 2. The van der Waals surface area contributed by atoms with Gasteiger partial charge in [0.15, 0.2) is 0 Å². The summed E-state index contributed by atoms with van der Waals surface area (Å²) < 4.78 is 5.37. The van der Waals surface area contributed by atoms with Crippen molar-refractivity contribution in [2.24, 2.45) is 0 Å². The second-order valence-corrected chi connectivity index (χ2v) is 18.0. The molecular weight excluding hydrogens is 699 g/mol. The minimum absolute atomic E-state index is 0.0335. The van der Waals surface area contributed by atoms with Crippen LogP contribution in [0.2, 0.25) is 0 Å². The lowest BCUT2D eigenvalue weighted by molar-refractivity contribution is 0.591. The van der Waals surface area contributed by atoms with Crippen LogP contribution in [0.15, 0.2) is 170 Å². The van der Waals surface area contributed by atoms with Gasteiger partial charge in [-0.25, -0.2) is 0 Å². The first-order chi connectivity index (χ1) is 28.5. The first-order valence-electron chi connectivity index (χ1n) is 20.7. The molecule has 14 rings (SSSR count). The number of hydrogen-bond acceptors (Lipinski definition) is 0. The third-order valence-corrected chi connectivity index (χ3v) is 14.2. The van der Waals surface area contributed by atoms with Gasteiger partial charge in [0.1, 0.15) is 0 Å². The van der Waals surface area contributed by atoms with Crippen LogP contribution in [0.4, 0.5) is 0 Å². The van der Waals surface area contributed by atoms with E-state index in [0.29, 0.717) is 0 Å². The SMILES string of the molecule is CC(C)(C)c1cc2c3c(c1)c1cccc4c1n3-c1c(ccc3c1B2c1cccc2c(-c5ccccc5)c(-c5ccccc5)n-3c12)C41c2ccccc2-c2ccccc21. The summed E-state index contributed by atoms with van der Waals surface area (Å²) >= 11 is 0. The molecule has 10 aromatic rings. The quantitative estimate of drug-likeness (QED) is 0.156. The van der Waals surface area contributed by atoms with E-state index in [9.17, 15) is 0 Å². The molecule has 0 saturated carbocycles. The van der Waals surface area contributed by atoms with E-state index in [2.05, 4.69) is 200 Å². The van der Waals surface area contributed by atoms with Crippen LogP contribution in [0, 0.1) is 0 Å². The average molecular weight is 737 g/mol. The molecule has 58 heavy (non-hydrogen) atoms. The lowest BCUT2D eigenvalue weighted by Gasteiger charge is -2.44. The van der Waals surface area contributed by atoms with Crippen molar-refractivity contribution in [3.8, 4) is 44.9 Å². The highest BCUT2D eigenvalue weighted by atomic mass is 15.1. The molecule has 0 amide bonds. The van der Waals surface area contributed by atoms with E-state index in [-0.39, 0.29) is 12.1 Å². The molecule has 0 radical (unpaired) electrons. The van der Waals surface area contributed by atoms with Crippen LogP contribution in [0.1, 0.15) is 48.6 Å². The number of para-hydroxylation sites is 2. The van der Waals surface area contributed by atoms with Crippen LogP contribution in [0.5, 0.6) is 0 Å². The number of fused-ring (bicyclic) bond motifs is 11. The van der Waals surface area contributed by atoms with Crippen LogP contribution >= 0.6 is 0 Å². The van der Waals surface area contributed by atoms with E-state index in [1.807, 2.05) is 0 Å². The maximum atomic E-state index is 2.72. The Kier molecular flexibility index (Phi) is 5.59. The predicted octanol–water partition coefficient (Wildman–Crippen LogP) is 11.2. The summed E-state index contributed by atoms with van der Waals surface area (Å²) in [6, 6.07) is 65.0. The van der Waals surface area contributed by atoms with Crippen molar-refractivity contribution in [1.82, 2.24) is 9.13 Å². The first-order valence-corrected chi connectivity index (χ1v) is 20.7. The van der Waals surface area contributed by atoms with Gasteiger partial charge in [0.25, 0.3) is 6.71 Å². The molecule has 2 nitrogen and oxygen atoms in total. The molecule has 2 aromatic heterocycles. The fraction of sp³-hybridized carbons (Fsp3) is 0.0909. The Bertz CT molecular complexity index is 3440. The number of hydrogen-bond donors (Lipinski definition) is 0. The van der Waals surface area contributed by atoms with Gasteiger partial charge in [-0.3, -0.25) is 0 Å². The van der Waals surface area contributed by atoms with Crippen LogP contribution in [0.25, 0.3) is 77.6 Å². The van der Waals surface area contributed by atoms with Gasteiger partial charge in [-0.2, -0.15) is 0 Å². The Balaban J connectivity index is 1.25. The van der Waals surface area contributed by atoms with Crippen molar-refractivity contribution in [3.05, 3.63) is 198 Å². The maximum Gasteiger partial charge on any atom is 0.252 e. The third kappa shape index (κ3) is 3.44. The topological polar surface area (TPSA) is 9.86 Å². The lowest BCUT2D eigenvalue weighted by atomic mass is 9.33. The van der Waals surface area contributed by atoms with Gasteiger partial charge in [0, 0.05) is 44.1 Å². The van der Waals surface area contributed by atoms with Gasteiger partial charge in [-0.05, 0) is 84.0 Å². The van der Waals surface area contributed by atoms with E-state index in [4.69, 9.17) is 0 Å². The van der Waals surface area contributed by atoms with Gasteiger partial charge in [-0.1, -0.05) is 178 Å². The molecule has 8 aromatic carbocycles. The van der Waals surface area contributed by atoms with E-state index in [0.717, 1.165) is 0 Å². The Labute approximate surface area is 337 Å². The molecule has 0 unspecified atom stereocenters. The molecule has 0 fully saturated rings. The molecule has 4 aliphatic rings. The summed E-state index contributed by atoms with van der Waals surface area (Å²) in [5.74, 6) is 0. The van der Waals surface area contributed by atoms with Crippen molar-refractivity contribution >= 4 is 55.8 Å². The van der Waals surface area contributed by atoms with Crippen molar-refractivity contribution in [1.29, 1.82) is 0 Å². The largest absolute Gasteiger partial charge is 0.310 e. The van der Waals surface area contributed by atoms with E-state index < -0.39 is 5.41 Å². The molecule has 0 bridgehead atoms. The second kappa shape index (κ2) is 10.4. The van der Waals surface area contributed by atoms with Gasteiger partial charge < -0.3 is 9.13 Å². The van der Waals surface area contributed by atoms with Gasteiger partial charge in [0.05, 0.1) is 16.6 Å². The molecule has 3 aliphatic heterocycles. The molecule has 0 N–H and O–H groups in total. The van der Waals surface area contributed by atoms with E-state index in [1.54, 1.807) is 0 Å². The molecule has 270 valence electrons. The molecular formula is C55H37BN2. The second-order valence-electron chi connectivity index (χ2n) is 18.0. The fourth-order valence-electron chi connectivity index (χ4n) is 12.1. The monoisotopic (exact) mass is 736 g/mol. The maximum absolute atomic E-state index is 2.72. The Morgan fingerprint density at radius 2 is 1.09 bits per heavy atom. The molecule has 5 heterocycles. The molecule has 1 aliphatic carbocycles. The summed E-state index contributed by atoms with van der Waals surface area (Å²) in [6.45, 7) is 7.17. The highest BCUT2D eigenvalue weighted by molar-refractivity contribution is 7.00. The molecule has 3 heteroatoms. The average Bonchev–Trinajstić information content (AvgIpc) is 3.89. The predicted molar refractivity (Wildman–Crippen MR) is 243 cm³/mol. The highest BCUT2D eigenvalue weighted by Crippen LogP contribution is 2.61. The zero-order valence-corrected chi connectivity index (χ0v) is 32.6. The lowest BCUT2D eigenvalue weighted by Crippen LogP contribution is -2.60. The highest BCUT2D eigenvalue weighted by Gasteiger charge is 2.54. The molecule has 1 spiro atoms. The number of benzene rings is 8. The van der Waals surface area contributed by atoms with Crippen LogP contribution in [-0.4, -0.2) is 15.8 Å². The van der Waals surface area contributed by atoms with E-state index in [1.165, 1.54) is 122 Å². The standard InChI is InChI=1S/C55H37BN2/c1-54(2,3)34-30-39-37-22-14-26-42-50(37)58-52(39)45(31-34)56-44-27-15-23-38-47(32-16-6-4-7-17-32)49(33-18-8-5-9-19-33)57(51(38)44)46-29-28-43(53(58)48(46)56)55(42)40-24-12-10-20-35(40)36-21-11-13-25-41(36)55/h4-31H,1-3H3. The summed E-state index contributed by atoms with van der Waals surface area (Å²) in [5.41, 5.74) is 25.0. The van der Waals surface area contributed by atoms with Crippen molar-refractivity contribution < 1.29 is 0 Å². The van der Waals surface area contributed by atoms with Crippen LogP contribution < -0.4 is 16.4 Å². The number of rotatable bonds is 2. The van der Waals surface area contributed by atoms with Crippen molar-refractivity contribution in [2.75, 3.05) is 0 Å². The van der Waals surface area contributed by atoms with Crippen LogP contribution in [0.3, 0.4) is 0 Å². The Hall–Kier alpha value is -6.84. The zero-order valence-electron chi connectivity index (χ0n) is 32.6. The first kappa shape index (κ1) is 31.3. The number of aromatic nitrogens is 2. The Morgan fingerprint density at radius 3 is 1.81 bits per heavy atom. The van der Waals surface area contributed by atoms with Crippen molar-refractivity contribution in [3.63, 3.8) is 0 Å². The normalized spacial score (nSPS) is 14.6. The summed E-state index contributed by atoms with van der Waals surface area (Å²) in [5, 5.41) is 4.01. The minimum Gasteiger partial charge on any atom is -0.310 e. The summed E-state index contributed by atoms with van der Waals surface area (Å²) in [7, 11) is 0. The smallest absolute Gasteiger partial charge is 0.252 e. The summed E-state index contributed by atoms with van der Waals surface area (Å²) in [6.07, 6.45) is 0. The van der Waals surface area contributed by atoms with Crippen LogP contribution in [-0.2, 0) is 10.8 Å². The molecule has 0 atom stereocenters.